The summed E-state index contributed by atoms with van der Waals surface area (Å²) in [6.07, 6.45) is 1.45. The van der Waals surface area contributed by atoms with Crippen LogP contribution in [-0.4, -0.2) is 19.1 Å². The monoisotopic (exact) mass is 291 g/mol. The zero-order chi connectivity index (χ0) is 14.0. The summed E-state index contributed by atoms with van der Waals surface area (Å²) in [5, 5.41) is 11.0. The van der Waals surface area contributed by atoms with Crippen molar-refractivity contribution in [2.24, 2.45) is 0 Å². The lowest BCUT2D eigenvalue weighted by atomic mass is 9.98. The number of thiophene rings is 1. The van der Waals surface area contributed by atoms with E-state index in [1.807, 2.05) is 20.8 Å². The number of hydrogen-bond donors (Lipinski definition) is 2. The molecule has 0 aromatic carbocycles. The third kappa shape index (κ3) is 3.12. The average molecular weight is 291 g/mol. The van der Waals surface area contributed by atoms with Crippen molar-refractivity contribution in [3.8, 4) is 0 Å². The van der Waals surface area contributed by atoms with Gasteiger partial charge in [-0.15, -0.1) is 11.3 Å². The summed E-state index contributed by atoms with van der Waals surface area (Å²) in [4.78, 5) is 0.734. The summed E-state index contributed by atoms with van der Waals surface area (Å²) >= 11 is 1.28. The van der Waals surface area contributed by atoms with Gasteiger partial charge in [-0.25, -0.2) is 13.1 Å². The number of aliphatic hydroxyl groups is 1. The van der Waals surface area contributed by atoms with Crippen molar-refractivity contribution >= 4 is 21.4 Å². The molecule has 1 aromatic heterocycles. The summed E-state index contributed by atoms with van der Waals surface area (Å²) in [6, 6.07) is 0. The Morgan fingerprint density at radius 2 is 1.94 bits per heavy atom. The predicted octanol–water partition coefficient (Wildman–Crippen LogP) is 2.41. The minimum Gasteiger partial charge on any atom is -0.391 e. The van der Waals surface area contributed by atoms with Crippen LogP contribution in [-0.2, 0) is 16.6 Å². The molecule has 1 rings (SSSR count). The lowest BCUT2D eigenvalue weighted by Gasteiger charge is -2.28. The van der Waals surface area contributed by atoms with E-state index in [0.29, 0.717) is 10.4 Å². The topological polar surface area (TPSA) is 66.4 Å². The van der Waals surface area contributed by atoms with Gasteiger partial charge in [0.25, 0.3) is 0 Å². The number of nitrogens with one attached hydrogen (secondary N) is 1. The molecule has 4 nitrogen and oxygen atoms in total. The van der Waals surface area contributed by atoms with Gasteiger partial charge < -0.3 is 5.11 Å². The van der Waals surface area contributed by atoms with E-state index in [4.69, 9.17) is 0 Å². The fourth-order valence-electron chi connectivity index (χ4n) is 1.73. The van der Waals surface area contributed by atoms with E-state index < -0.39 is 15.6 Å². The van der Waals surface area contributed by atoms with Crippen molar-refractivity contribution in [1.82, 2.24) is 4.72 Å². The Morgan fingerprint density at radius 1 is 1.39 bits per heavy atom. The Bertz CT molecular complexity index is 501. The molecule has 104 valence electrons. The van der Waals surface area contributed by atoms with E-state index in [-0.39, 0.29) is 11.5 Å². The number of aryl methyl sites for hydroxylation is 1. The van der Waals surface area contributed by atoms with Crippen LogP contribution in [0.15, 0.2) is 10.3 Å². The van der Waals surface area contributed by atoms with Crippen LogP contribution in [0.5, 0.6) is 0 Å². The first-order valence-corrected chi connectivity index (χ1v) is 8.37. The van der Waals surface area contributed by atoms with E-state index in [1.165, 1.54) is 11.3 Å². The quantitative estimate of drug-likeness (QED) is 0.846. The number of sulfonamides is 1. The second kappa shape index (κ2) is 5.69. The lowest BCUT2D eigenvalue weighted by molar-refractivity contribution is 0.282. The number of rotatable bonds is 6. The molecule has 2 N–H and O–H groups in total. The highest BCUT2D eigenvalue weighted by Crippen LogP contribution is 2.28. The van der Waals surface area contributed by atoms with Gasteiger partial charge in [-0.2, -0.15) is 0 Å². The minimum absolute atomic E-state index is 0.239. The highest BCUT2D eigenvalue weighted by molar-refractivity contribution is 7.89. The van der Waals surface area contributed by atoms with E-state index in [0.717, 1.165) is 12.8 Å². The van der Waals surface area contributed by atoms with E-state index in [1.54, 1.807) is 12.3 Å². The average Bonchev–Trinajstić information content (AvgIpc) is 2.70. The SMILES string of the molecule is CCC(C)(CC)NS(=O)(=O)c1c(C)csc1CO. The summed E-state index contributed by atoms with van der Waals surface area (Å²) < 4.78 is 27.6. The zero-order valence-corrected chi connectivity index (χ0v) is 12.9. The van der Waals surface area contributed by atoms with E-state index in [2.05, 4.69) is 4.72 Å². The van der Waals surface area contributed by atoms with Gasteiger partial charge in [0.05, 0.1) is 11.5 Å². The molecule has 0 unspecified atom stereocenters. The normalized spacial score (nSPS) is 12.9. The number of hydrogen-bond acceptors (Lipinski definition) is 4. The Labute approximate surface area is 113 Å². The molecule has 18 heavy (non-hydrogen) atoms. The summed E-state index contributed by atoms with van der Waals surface area (Å²) in [5.41, 5.74) is 0.242. The largest absolute Gasteiger partial charge is 0.391 e. The summed E-state index contributed by atoms with van der Waals surface area (Å²) in [6.45, 7) is 7.31. The molecule has 1 aromatic rings. The highest BCUT2D eigenvalue weighted by atomic mass is 32.2. The van der Waals surface area contributed by atoms with Crippen molar-refractivity contribution < 1.29 is 13.5 Å². The maximum absolute atomic E-state index is 12.4. The van der Waals surface area contributed by atoms with Crippen LogP contribution in [0.4, 0.5) is 0 Å². The van der Waals surface area contributed by atoms with Crippen LogP contribution in [0.2, 0.25) is 0 Å². The highest BCUT2D eigenvalue weighted by Gasteiger charge is 2.30. The minimum atomic E-state index is -3.57. The van der Waals surface area contributed by atoms with Crippen molar-refractivity contribution in [3.63, 3.8) is 0 Å². The second-order valence-corrected chi connectivity index (χ2v) is 7.29. The van der Waals surface area contributed by atoms with Gasteiger partial charge >= 0.3 is 0 Å². The van der Waals surface area contributed by atoms with Crippen molar-refractivity contribution in [2.45, 2.75) is 57.6 Å². The van der Waals surface area contributed by atoms with E-state index >= 15 is 0 Å². The van der Waals surface area contributed by atoms with Gasteiger partial charge in [0.2, 0.25) is 10.0 Å². The molecular weight excluding hydrogens is 270 g/mol. The Kier molecular flexibility index (Phi) is 4.94. The Hall–Kier alpha value is -0.430. The first kappa shape index (κ1) is 15.6. The van der Waals surface area contributed by atoms with Crippen molar-refractivity contribution in [3.05, 3.63) is 15.8 Å². The van der Waals surface area contributed by atoms with Crippen LogP contribution in [0.1, 0.15) is 44.1 Å². The maximum atomic E-state index is 12.4. The van der Waals surface area contributed by atoms with Crippen LogP contribution in [0, 0.1) is 6.92 Å². The molecule has 1 heterocycles. The third-order valence-electron chi connectivity index (χ3n) is 3.34. The lowest BCUT2D eigenvalue weighted by Crippen LogP contribution is -2.45. The predicted molar refractivity (Wildman–Crippen MR) is 74.3 cm³/mol. The third-order valence-corrected chi connectivity index (χ3v) is 6.43. The fraction of sp³-hybridized carbons (Fsp3) is 0.667. The fourth-order valence-corrected chi connectivity index (χ4v) is 4.94. The molecule has 6 heteroatoms. The molecule has 0 fully saturated rings. The second-order valence-electron chi connectivity index (χ2n) is 4.70. The summed E-state index contributed by atoms with van der Waals surface area (Å²) in [7, 11) is -3.57. The number of aliphatic hydroxyl groups excluding tert-OH is 1. The first-order valence-electron chi connectivity index (χ1n) is 6.01. The molecule has 0 atom stereocenters. The molecule has 0 aliphatic heterocycles. The van der Waals surface area contributed by atoms with Crippen LogP contribution in [0.3, 0.4) is 0 Å². The molecule has 0 saturated carbocycles. The summed E-state index contributed by atoms with van der Waals surface area (Å²) in [5.74, 6) is 0. The van der Waals surface area contributed by atoms with Gasteiger partial charge in [0.1, 0.15) is 4.90 Å². The van der Waals surface area contributed by atoms with Gasteiger partial charge in [-0.1, -0.05) is 13.8 Å². The molecule has 0 radical (unpaired) electrons. The molecule has 0 saturated heterocycles. The van der Waals surface area contributed by atoms with Crippen LogP contribution >= 0.6 is 11.3 Å². The van der Waals surface area contributed by atoms with Crippen LogP contribution in [0.25, 0.3) is 0 Å². The van der Waals surface area contributed by atoms with E-state index in [9.17, 15) is 13.5 Å². The standard InChI is InChI=1S/C12H21NO3S2/c1-5-12(4,6-2)13-18(15,16)11-9(3)8-17-10(11)7-14/h8,13-14H,5-7H2,1-4H3. The molecule has 0 bridgehead atoms. The molecular formula is C12H21NO3S2. The zero-order valence-electron chi connectivity index (χ0n) is 11.3. The first-order chi connectivity index (χ1) is 8.29. The molecule has 0 aliphatic rings. The molecule has 0 aliphatic carbocycles. The van der Waals surface area contributed by atoms with Crippen LogP contribution < -0.4 is 4.72 Å². The maximum Gasteiger partial charge on any atom is 0.242 e. The Morgan fingerprint density at radius 3 is 2.39 bits per heavy atom. The van der Waals surface area contributed by atoms with Gasteiger partial charge in [0.15, 0.2) is 0 Å². The van der Waals surface area contributed by atoms with Gasteiger partial charge in [-0.3, -0.25) is 0 Å². The smallest absolute Gasteiger partial charge is 0.242 e. The molecule has 0 spiro atoms. The van der Waals surface area contributed by atoms with Gasteiger partial charge in [0, 0.05) is 5.54 Å². The van der Waals surface area contributed by atoms with Gasteiger partial charge in [-0.05, 0) is 37.6 Å². The van der Waals surface area contributed by atoms with Crippen molar-refractivity contribution in [2.75, 3.05) is 0 Å². The van der Waals surface area contributed by atoms with Crippen molar-refractivity contribution in [1.29, 1.82) is 0 Å². The molecule has 0 amide bonds. The Balaban J connectivity index is 3.18.